The van der Waals surface area contributed by atoms with E-state index >= 15 is 0 Å². The fourth-order valence-corrected chi connectivity index (χ4v) is 5.22. The molecule has 4 aromatic rings. The summed E-state index contributed by atoms with van der Waals surface area (Å²) >= 11 is 0. The molecule has 0 atom stereocenters. The number of nitrogens with one attached hydrogen (secondary N) is 2. The molecule has 202 valence electrons. The van der Waals surface area contributed by atoms with Gasteiger partial charge < -0.3 is 14.7 Å². The number of hydrogen-bond acceptors (Lipinski definition) is 6. The van der Waals surface area contributed by atoms with Crippen molar-refractivity contribution in [3.05, 3.63) is 70.5 Å². The molecule has 0 saturated carbocycles. The second kappa shape index (κ2) is 11.1. The Labute approximate surface area is 222 Å². The summed E-state index contributed by atoms with van der Waals surface area (Å²) < 4.78 is 29.5. The summed E-state index contributed by atoms with van der Waals surface area (Å²) in [7, 11) is -3.12. The van der Waals surface area contributed by atoms with Crippen molar-refractivity contribution in [1.29, 1.82) is 0 Å². The van der Waals surface area contributed by atoms with Gasteiger partial charge in [0.1, 0.15) is 5.60 Å². The zero-order valence-corrected chi connectivity index (χ0v) is 23.0. The van der Waals surface area contributed by atoms with E-state index < -0.39 is 10.0 Å². The number of aromatic amines is 2. The number of sulfonamides is 1. The first kappa shape index (κ1) is 27.6. The molecule has 1 fully saturated rings. The fourth-order valence-electron chi connectivity index (χ4n) is 4.39. The van der Waals surface area contributed by atoms with Crippen molar-refractivity contribution >= 4 is 38.3 Å². The van der Waals surface area contributed by atoms with Crippen molar-refractivity contribution in [3.63, 3.8) is 0 Å². The van der Waals surface area contributed by atoms with Crippen LogP contribution in [0.1, 0.15) is 26.3 Å². The minimum Gasteiger partial charge on any atom is -0.462 e. The zero-order valence-electron chi connectivity index (χ0n) is 22.2. The lowest BCUT2D eigenvalue weighted by Crippen LogP contribution is -2.47. The average molecular weight is 539 g/mol. The molecule has 2 aromatic carbocycles. The molecule has 0 amide bonds. The molecule has 0 bridgehead atoms. The number of pyridine rings is 1. The molecule has 1 aliphatic heterocycles. The average Bonchev–Trinajstić information content (AvgIpc) is 3.26. The molecule has 5 rings (SSSR count). The molecule has 38 heavy (non-hydrogen) atoms. The van der Waals surface area contributed by atoms with Crippen molar-refractivity contribution in [1.82, 2.24) is 19.2 Å². The molecule has 0 spiro atoms. The highest BCUT2D eigenvalue weighted by molar-refractivity contribution is 7.88. The third kappa shape index (κ3) is 6.89. The first-order valence-electron chi connectivity index (χ1n) is 12.5. The molecule has 2 aromatic heterocycles. The Hall–Kier alpha value is -3.47. The number of rotatable bonds is 5. The Balaban J connectivity index is 0.000000426. The highest BCUT2D eigenvalue weighted by Gasteiger charge is 2.23. The van der Waals surface area contributed by atoms with E-state index in [1.807, 2.05) is 63.2 Å². The predicted molar refractivity (Wildman–Crippen MR) is 150 cm³/mol. The van der Waals surface area contributed by atoms with Crippen molar-refractivity contribution in [3.8, 4) is 11.3 Å². The summed E-state index contributed by atoms with van der Waals surface area (Å²) in [5.41, 5.74) is 3.95. The van der Waals surface area contributed by atoms with Gasteiger partial charge in [-0.1, -0.05) is 24.3 Å². The van der Waals surface area contributed by atoms with Gasteiger partial charge in [-0.05, 0) is 62.1 Å². The number of piperazine rings is 1. The molecule has 0 radical (unpaired) electrons. The Morgan fingerprint density at radius 1 is 0.921 bits per heavy atom. The van der Waals surface area contributed by atoms with Crippen LogP contribution in [0.5, 0.6) is 0 Å². The van der Waals surface area contributed by atoms with Crippen molar-refractivity contribution < 1.29 is 17.9 Å². The van der Waals surface area contributed by atoms with Gasteiger partial charge in [0.15, 0.2) is 0 Å². The third-order valence-corrected chi connectivity index (χ3v) is 7.64. The molecule has 10 heteroatoms. The quantitative estimate of drug-likeness (QED) is 0.374. The van der Waals surface area contributed by atoms with Crippen LogP contribution in [0.15, 0.2) is 59.4 Å². The standard InChI is InChI=1S/C23H24N4O3S.C5H10O2/c1-31(29,30)27-10-8-26(9-11-27)15-16-6-7-21-18(12-16)14-22(24-21)19-13-17-4-2-3-5-20(17)25-23(19)28;1-5(2,3)7-4-6/h2-7,12-14,24H,8-11,15H2,1H3,(H,25,28);4H,1-3H3. The number of carbonyl (C=O) groups excluding carboxylic acids is 1. The van der Waals surface area contributed by atoms with Crippen LogP contribution in [0.25, 0.3) is 33.1 Å². The smallest absolute Gasteiger partial charge is 0.293 e. The molecule has 1 aliphatic rings. The number of aromatic nitrogens is 2. The lowest BCUT2D eigenvalue weighted by atomic mass is 10.1. The van der Waals surface area contributed by atoms with Crippen molar-refractivity contribution in [2.24, 2.45) is 0 Å². The maximum absolute atomic E-state index is 12.6. The number of fused-ring (bicyclic) bond motifs is 2. The number of H-pyrrole nitrogens is 2. The summed E-state index contributed by atoms with van der Waals surface area (Å²) in [5, 5.41) is 2.04. The predicted octanol–water partition coefficient (Wildman–Crippen LogP) is 3.71. The Bertz CT molecular complexity index is 1590. The lowest BCUT2D eigenvalue weighted by Gasteiger charge is -2.33. The van der Waals surface area contributed by atoms with Crippen LogP contribution in [-0.2, 0) is 26.1 Å². The molecule has 0 unspecified atom stereocenters. The van der Waals surface area contributed by atoms with Crippen molar-refractivity contribution in [2.45, 2.75) is 32.9 Å². The van der Waals surface area contributed by atoms with Gasteiger partial charge in [-0.25, -0.2) is 8.42 Å². The number of ether oxygens (including phenoxy) is 1. The topological polar surface area (TPSA) is 116 Å². The van der Waals surface area contributed by atoms with Crippen LogP contribution < -0.4 is 5.56 Å². The summed E-state index contributed by atoms with van der Waals surface area (Å²) in [5.74, 6) is 0. The van der Waals surface area contributed by atoms with Gasteiger partial charge in [0.2, 0.25) is 10.0 Å². The van der Waals surface area contributed by atoms with Gasteiger partial charge >= 0.3 is 0 Å². The largest absolute Gasteiger partial charge is 0.462 e. The summed E-state index contributed by atoms with van der Waals surface area (Å²) in [4.78, 5) is 30.8. The number of hydrogen-bond donors (Lipinski definition) is 2. The van der Waals surface area contributed by atoms with Crippen molar-refractivity contribution in [2.75, 3.05) is 32.4 Å². The van der Waals surface area contributed by atoms with E-state index in [1.54, 1.807) is 0 Å². The third-order valence-electron chi connectivity index (χ3n) is 6.34. The Morgan fingerprint density at radius 2 is 1.61 bits per heavy atom. The minimum absolute atomic E-state index is 0.116. The first-order chi connectivity index (χ1) is 17.9. The van der Waals surface area contributed by atoms with Gasteiger partial charge in [-0.2, -0.15) is 4.31 Å². The van der Waals surface area contributed by atoms with E-state index in [4.69, 9.17) is 0 Å². The molecular formula is C28H34N4O5S. The molecule has 1 saturated heterocycles. The molecule has 9 nitrogen and oxygen atoms in total. The van der Waals surface area contributed by atoms with Crippen LogP contribution in [0, 0.1) is 0 Å². The molecular weight excluding hydrogens is 504 g/mol. The lowest BCUT2D eigenvalue weighted by molar-refractivity contribution is -0.138. The van der Waals surface area contributed by atoms with E-state index in [0.29, 0.717) is 25.1 Å². The molecule has 2 N–H and O–H groups in total. The second-order valence-corrected chi connectivity index (χ2v) is 12.5. The number of para-hydroxylation sites is 1. The first-order valence-corrected chi connectivity index (χ1v) is 14.3. The van der Waals surface area contributed by atoms with Crippen LogP contribution in [0.2, 0.25) is 0 Å². The Kier molecular flexibility index (Phi) is 8.05. The van der Waals surface area contributed by atoms with E-state index in [1.165, 1.54) is 16.1 Å². The van der Waals surface area contributed by atoms with Gasteiger partial charge in [-0.3, -0.25) is 14.5 Å². The molecule has 3 heterocycles. The normalized spacial score (nSPS) is 15.3. The summed E-state index contributed by atoms with van der Waals surface area (Å²) in [6.07, 6.45) is 1.26. The fraction of sp³-hybridized carbons (Fsp3) is 0.357. The maximum Gasteiger partial charge on any atom is 0.293 e. The zero-order chi connectivity index (χ0) is 27.5. The van der Waals surface area contributed by atoms with Crippen LogP contribution >= 0.6 is 0 Å². The Morgan fingerprint density at radius 3 is 2.24 bits per heavy atom. The number of benzene rings is 2. The summed E-state index contributed by atoms with van der Waals surface area (Å²) in [6, 6.07) is 17.9. The SMILES string of the molecule is CC(C)(C)OC=O.CS(=O)(=O)N1CCN(Cc2ccc3[nH]c(-c4cc5ccccc5[nH]c4=O)cc3c2)CC1. The number of carbonyl (C=O) groups is 1. The van der Waals surface area contributed by atoms with E-state index in [0.717, 1.165) is 47.1 Å². The second-order valence-electron chi connectivity index (χ2n) is 10.5. The van der Waals surface area contributed by atoms with E-state index in [9.17, 15) is 18.0 Å². The van der Waals surface area contributed by atoms with Crippen LogP contribution in [-0.4, -0.2) is 72.1 Å². The summed E-state index contributed by atoms with van der Waals surface area (Å²) in [6.45, 7) is 9.18. The van der Waals surface area contributed by atoms with Gasteiger partial charge in [0.05, 0.1) is 17.5 Å². The maximum atomic E-state index is 12.6. The minimum atomic E-state index is -3.12. The van der Waals surface area contributed by atoms with E-state index in [2.05, 4.69) is 31.7 Å². The van der Waals surface area contributed by atoms with Gasteiger partial charge in [0, 0.05) is 49.1 Å². The van der Waals surface area contributed by atoms with Gasteiger partial charge in [-0.15, -0.1) is 0 Å². The highest BCUT2D eigenvalue weighted by Crippen LogP contribution is 2.25. The molecule has 0 aliphatic carbocycles. The monoisotopic (exact) mass is 538 g/mol. The van der Waals surface area contributed by atoms with Crippen LogP contribution in [0.3, 0.4) is 0 Å². The van der Waals surface area contributed by atoms with E-state index in [-0.39, 0.29) is 11.2 Å². The van der Waals surface area contributed by atoms with Crippen LogP contribution in [0.4, 0.5) is 0 Å². The highest BCUT2D eigenvalue weighted by atomic mass is 32.2. The van der Waals surface area contributed by atoms with Gasteiger partial charge in [0.25, 0.3) is 12.0 Å². The number of nitrogens with zero attached hydrogens (tertiary/aromatic N) is 2.